The van der Waals surface area contributed by atoms with Crippen LogP contribution >= 0.6 is 11.8 Å². The number of aromatic nitrogens is 2. The fourth-order valence-electron chi connectivity index (χ4n) is 1.54. The van der Waals surface area contributed by atoms with Gasteiger partial charge in [0, 0.05) is 11.9 Å². The van der Waals surface area contributed by atoms with Gasteiger partial charge in [-0.05, 0) is 37.3 Å². The second-order valence-corrected chi connectivity index (χ2v) is 4.87. The smallest absolute Gasteiger partial charge is 0.116 e. The summed E-state index contributed by atoms with van der Waals surface area (Å²) in [6, 6.07) is 1.96. The van der Waals surface area contributed by atoms with Crippen molar-refractivity contribution in [1.82, 2.24) is 9.97 Å². The van der Waals surface area contributed by atoms with E-state index in [-0.39, 0.29) is 0 Å². The average molecular weight is 209 g/mol. The highest BCUT2D eigenvalue weighted by atomic mass is 32.2. The third kappa shape index (κ3) is 2.45. The molecule has 2 rings (SSSR count). The van der Waals surface area contributed by atoms with Gasteiger partial charge in [0.1, 0.15) is 6.33 Å². The summed E-state index contributed by atoms with van der Waals surface area (Å²) in [4.78, 5) is 8.09. The van der Waals surface area contributed by atoms with E-state index in [2.05, 4.69) is 9.97 Å². The van der Waals surface area contributed by atoms with Crippen LogP contribution in [0.2, 0.25) is 0 Å². The molecule has 3 nitrogen and oxygen atoms in total. The molecule has 1 aromatic rings. The maximum absolute atomic E-state index is 5.59. The van der Waals surface area contributed by atoms with E-state index in [1.54, 1.807) is 12.5 Å². The molecule has 1 saturated carbocycles. The summed E-state index contributed by atoms with van der Waals surface area (Å²) in [6.07, 6.45) is 7.22. The van der Waals surface area contributed by atoms with Gasteiger partial charge in [-0.1, -0.05) is 0 Å². The van der Waals surface area contributed by atoms with Crippen molar-refractivity contribution < 1.29 is 0 Å². The van der Waals surface area contributed by atoms with E-state index < -0.39 is 0 Å². The van der Waals surface area contributed by atoms with Crippen molar-refractivity contribution in [1.29, 1.82) is 0 Å². The molecule has 0 saturated heterocycles. The molecule has 0 aromatic carbocycles. The fourth-order valence-corrected chi connectivity index (χ4v) is 2.71. The van der Waals surface area contributed by atoms with Gasteiger partial charge in [0.15, 0.2) is 0 Å². The van der Waals surface area contributed by atoms with Crippen molar-refractivity contribution in [2.45, 2.75) is 24.3 Å². The van der Waals surface area contributed by atoms with Crippen LogP contribution in [0.5, 0.6) is 0 Å². The van der Waals surface area contributed by atoms with Gasteiger partial charge >= 0.3 is 0 Å². The van der Waals surface area contributed by atoms with Crippen LogP contribution in [-0.2, 0) is 0 Å². The van der Waals surface area contributed by atoms with E-state index in [1.807, 2.05) is 17.8 Å². The average Bonchev–Trinajstić information content (AvgIpc) is 2.98. The normalized spacial score (nSPS) is 18.1. The highest BCUT2D eigenvalue weighted by Gasteiger charge is 2.41. The van der Waals surface area contributed by atoms with Gasteiger partial charge in [0.25, 0.3) is 0 Å². The minimum Gasteiger partial charge on any atom is -0.330 e. The Kier molecular flexibility index (Phi) is 3.03. The first-order chi connectivity index (χ1) is 6.85. The lowest BCUT2D eigenvalue weighted by Crippen LogP contribution is -2.11. The van der Waals surface area contributed by atoms with Crippen LogP contribution in [0.1, 0.15) is 19.3 Å². The van der Waals surface area contributed by atoms with E-state index in [4.69, 9.17) is 5.73 Å². The van der Waals surface area contributed by atoms with Crippen molar-refractivity contribution in [3.8, 4) is 0 Å². The van der Waals surface area contributed by atoms with Gasteiger partial charge in [0.2, 0.25) is 0 Å². The molecule has 0 unspecified atom stereocenters. The number of thioether (sulfide) groups is 1. The zero-order valence-electron chi connectivity index (χ0n) is 8.15. The number of hydrogen-bond donors (Lipinski definition) is 1. The topological polar surface area (TPSA) is 51.8 Å². The molecule has 76 valence electrons. The Balaban J connectivity index is 1.83. The molecule has 1 aliphatic carbocycles. The lowest BCUT2D eigenvalue weighted by atomic mass is 10.1. The predicted octanol–water partition coefficient (Wildman–Crippen LogP) is 1.70. The molecular weight excluding hydrogens is 194 g/mol. The molecule has 1 fully saturated rings. The number of nitrogens with zero attached hydrogens (tertiary/aromatic N) is 2. The number of nitrogens with two attached hydrogens (primary N) is 1. The van der Waals surface area contributed by atoms with Crippen LogP contribution in [0.15, 0.2) is 23.6 Å². The van der Waals surface area contributed by atoms with Crippen molar-refractivity contribution in [2.24, 2.45) is 11.1 Å². The van der Waals surface area contributed by atoms with E-state index in [0.29, 0.717) is 5.41 Å². The summed E-state index contributed by atoms with van der Waals surface area (Å²) in [5.74, 6) is 1.15. The minimum absolute atomic E-state index is 0.532. The van der Waals surface area contributed by atoms with Crippen LogP contribution < -0.4 is 5.73 Å². The van der Waals surface area contributed by atoms with Crippen molar-refractivity contribution in [3.05, 3.63) is 18.6 Å². The second-order valence-electron chi connectivity index (χ2n) is 3.87. The fraction of sp³-hybridized carbons (Fsp3) is 0.600. The predicted molar refractivity (Wildman–Crippen MR) is 58.1 cm³/mol. The zero-order chi connectivity index (χ0) is 9.86. The molecule has 4 heteroatoms. The van der Waals surface area contributed by atoms with E-state index >= 15 is 0 Å². The lowest BCUT2D eigenvalue weighted by molar-refractivity contribution is 0.537. The molecule has 14 heavy (non-hydrogen) atoms. The Morgan fingerprint density at radius 3 is 2.93 bits per heavy atom. The third-order valence-corrected chi connectivity index (χ3v) is 4.01. The van der Waals surface area contributed by atoms with Gasteiger partial charge in [-0.25, -0.2) is 9.97 Å². The summed E-state index contributed by atoms with van der Waals surface area (Å²) >= 11 is 1.82. The molecule has 1 aliphatic rings. The second kappa shape index (κ2) is 4.28. The van der Waals surface area contributed by atoms with Gasteiger partial charge in [-0.2, -0.15) is 0 Å². The zero-order valence-corrected chi connectivity index (χ0v) is 8.96. The van der Waals surface area contributed by atoms with Gasteiger partial charge in [0.05, 0.1) is 5.03 Å². The summed E-state index contributed by atoms with van der Waals surface area (Å²) < 4.78 is 0. The van der Waals surface area contributed by atoms with Gasteiger partial charge < -0.3 is 5.73 Å². The maximum Gasteiger partial charge on any atom is 0.116 e. The monoisotopic (exact) mass is 209 g/mol. The van der Waals surface area contributed by atoms with Crippen LogP contribution in [-0.4, -0.2) is 22.3 Å². The van der Waals surface area contributed by atoms with Crippen LogP contribution in [0, 0.1) is 5.41 Å². The Bertz CT molecular complexity index is 285. The quantitative estimate of drug-likeness (QED) is 0.592. The first-order valence-corrected chi connectivity index (χ1v) is 5.92. The van der Waals surface area contributed by atoms with Crippen molar-refractivity contribution >= 4 is 11.8 Å². The molecule has 1 aromatic heterocycles. The van der Waals surface area contributed by atoms with E-state index in [0.717, 1.165) is 23.7 Å². The Morgan fingerprint density at radius 2 is 2.36 bits per heavy atom. The van der Waals surface area contributed by atoms with Gasteiger partial charge in [-0.3, -0.25) is 0 Å². The van der Waals surface area contributed by atoms with E-state index in [9.17, 15) is 0 Å². The van der Waals surface area contributed by atoms with Crippen LogP contribution in [0.4, 0.5) is 0 Å². The maximum atomic E-state index is 5.59. The molecule has 0 bridgehead atoms. The summed E-state index contributed by atoms with van der Waals surface area (Å²) in [6.45, 7) is 0.810. The number of rotatable bonds is 5. The van der Waals surface area contributed by atoms with E-state index in [1.165, 1.54) is 12.8 Å². The van der Waals surface area contributed by atoms with Crippen molar-refractivity contribution in [2.75, 3.05) is 12.3 Å². The molecule has 0 amide bonds. The highest BCUT2D eigenvalue weighted by molar-refractivity contribution is 7.99. The largest absolute Gasteiger partial charge is 0.330 e. The minimum atomic E-state index is 0.532. The number of hydrogen-bond acceptors (Lipinski definition) is 4. The van der Waals surface area contributed by atoms with Crippen molar-refractivity contribution in [3.63, 3.8) is 0 Å². The third-order valence-electron chi connectivity index (χ3n) is 2.71. The molecule has 1 heterocycles. The Hall–Kier alpha value is -0.610. The Labute approximate surface area is 88.5 Å². The van der Waals surface area contributed by atoms with Crippen LogP contribution in [0.3, 0.4) is 0 Å². The first-order valence-electron chi connectivity index (χ1n) is 4.94. The Morgan fingerprint density at radius 1 is 1.50 bits per heavy atom. The first kappa shape index (κ1) is 9.93. The molecule has 0 spiro atoms. The summed E-state index contributed by atoms with van der Waals surface area (Å²) in [5, 5.41) is 1.07. The molecule has 0 radical (unpaired) electrons. The summed E-state index contributed by atoms with van der Waals surface area (Å²) in [7, 11) is 0. The lowest BCUT2D eigenvalue weighted by Gasteiger charge is -2.12. The SMILES string of the molecule is NCCC1(CSc2ccncn2)CC1. The summed E-state index contributed by atoms with van der Waals surface area (Å²) in [5.41, 5.74) is 6.12. The molecule has 0 aliphatic heterocycles. The highest BCUT2D eigenvalue weighted by Crippen LogP contribution is 2.51. The van der Waals surface area contributed by atoms with Gasteiger partial charge in [-0.15, -0.1) is 11.8 Å². The molecule has 0 atom stereocenters. The molecular formula is C10H15N3S. The van der Waals surface area contributed by atoms with Crippen LogP contribution in [0.25, 0.3) is 0 Å². The molecule has 2 N–H and O–H groups in total. The standard InChI is InChI=1S/C10H15N3S/c11-5-4-10(2-3-10)7-14-9-1-6-12-8-13-9/h1,6,8H,2-5,7,11H2.